The number of amides is 1. The maximum atomic E-state index is 12.3. The van der Waals surface area contributed by atoms with Crippen molar-refractivity contribution in [1.29, 1.82) is 0 Å². The van der Waals surface area contributed by atoms with Crippen LogP contribution in [0.15, 0.2) is 23.8 Å². The van der Waals surface area contributed by atoms with Crippen molar-refractivity contribution in [1.82, 2.24) is 25.4 Å². The van der Waals surface area contributed by atoms with E-state index in [-0.39, 0.29) is 11.9 Å². The Morgan fingerprint density at radius 2 is 2.55 bits per heavy atom. The molecular formula is C15H21N5OS. The minimum Gasteiger partial charge on any atom is -0.354 e. The Morgan fingerprint density at radius 3 is 3.27 bits per heavy atom. The van der Waals surface area contributed by atoms with Crippen LogP contribution in [0.5, 0.6) is 0 Å². The van der Waals surface area contributed by atoms with E-state index in [1.54, 1.807) is 17.7 Å². The molecule has 1 fully saturated rings. The zero-order valence-corrected chi connectivity index (χ0v) is 13.5. The van der Waals surface area contributed by atoms with E-state index in [2.05, 4.69) is 36.8 Å². The first-order valence-corrected chi connectivity index (χ1v) is 8.51. The number of H-pyrrole nitrogens is 1. The Hall–Kier alpha value is -1.73. The number of hydrogen-bond acceptors (Lipinski definition) is 5. The highest BCUT2D eigenvalue weighted by molar-refractivity contribution is 7.09. The fourth-order valence-corrected chi connectivity index (χ4v) is 3.56. The Morgan fingerprint density at radius 1 is 1.64 bits per heavy atom. The molecule has 118 valence electrons. The molecule has 2 unspecified atom stereocenters. The highest BCUT2D eigenvalue weighted by Gasteiger charge is 2.31. The molecule has 0 aliphatic carbocycles. The van der Waals surface area contributed by atoms with Gasteiger partial charge in [0.25, 0.3) is 0 Å². The van der Waals surface area contributed by atoms with Gasteiger partial charge in [-0.05, 0) is 37.8 Å². The standard InChI is InChI=1S/C15H21N5OS/c1-11(15(21)16-6-4-13-3-2-8-22-13)20-7-5-12(9-20)14-17-10-18-19-14/h2-3,8,10-12H,4-7,9H2,1H3,(H,16,21)(H,17,18,19). The summed E-state index contributed by atoms with van der Waals surface area (Å²) in [5, 5.41) is 11.9. The summed E-state index contributed by atoms with van der Waals surface area (Å²) in [5.74, 6) is 1.38. The van der Waals surface area contributed by atoms with Gasteiger partial charge >= 0.3 is 0 Å². The molecule has 2 aromatic rings. The second-order valence-corrected chi connectivity index (χ2v) is 6.68. The molecule has 0 spiro atoms. The predicted octanol–water partition coefficient (Wildman–Crippen LogP) is 1.40. The molecule has 0 radical (unpaired) electrons. The van der Waals surface area contributed by atoms with Gasteiger partial charge in [-0.25, -0.2) is 4.98 Å². The molecule has 0 aromatic carbocycles. The monoisotopic (exact) mass is 319 g/mol. The number of hydrogen-bond donors (Lipinski definition) is 2. The lowest BCUT2D eigenvalue weighted by Gasteiger charge is -2.23. The SMILES string of the molecule is CC(C(=O)NCCc1cccs1)N1CCC(c2ncn[nH]2)C1. The number of carbonyl (C=O) groups is 1. The number of likely N-dealkylation sites (tertiary alicyclic amines) is 1. The van der Waals surface area contributed by atoms with Crippen LogP contribution in [-0.4, -0.2) is 51.7 Å². The number of aromatic nitrogens is 3. The molecule has 6 nitrogen and oxygen atoms in total. The molecule has 2 atom stereocenters. The normalized spacial score (nSPS) is 20.1. The van der Waals surface area contributed by atoms with Crippen molar-refractivity contribution in [2.24, 2.45) is 0 Å². The minimum atomic E-state index is -0.101. The molecule has 22 heavy (non-hydrogen) atoms. The van der Waals surface area contributed by atoms with Gasteiger partial charge in [0.05, 0.1) is 6.04 Å². The van der Waals surface area contributed by atoms with Gasteiger partial charge < -0.3 is 5.32 Å². The summed E-state index contributed by atoms with van der Waals surface area (Å²) in [6.07, 6.45) is 3.46. The molecule has 3 heterocycles. The van der Waals surface area contributed by atoms with Crippen molar-refractivity contribution < 1.29 is 4.79 Å². The third kappa shape index (κ3) is 3.53. The van der Waals surface area contributed by atoms with E-state index in [1.807, 2.05) is 13.0 Å². The van der Waals surface area contributed by atoms with Crippen LogP contribution < -0.4 is 5.32 Å². The zero-order valence-electron chi connectivity index (χ0n) is 12.7. The number of carbonyl (C=O) groups excluding carboxylic acids is 1. The third-order valence-electron chi connectivity index (χ3n) is 4.22. The van der Waals surface area contributed by atoms with Crippen LogP contribution in [0.2, 0.25) is 0 Å². The van der Waals surface area contributed by atoms with Crippen LogP contribution in [0.3, 0.4) is 0 Å². The van der Waals surface area contributed by atoms with E-state index < -0.39 is 0 Å². The van der Waals surface area contributed by atoms with Crippen LogP contribution in [0.4, 0.5) is 0 Å². The van der Waals surface area contributed by atoms with Gasteiger partial charge in [-0.15, -0.1) is 11.3 Å². The molecule has 2 N–H and O–H groups in total. The summed E-state index contributed by atoms with van der Waals surface area (Å²) in [6.45, 7) is 4.45. The second-order valence-electron chi connectivity index (χ2n) is 5.65. The average molecular weight is 319 g/mol. The molecule has 1 saturated heterocycles. The number of nitrogens with zero attached hydrogens (tertiary/aromatic N) is 3. The second kappa shape index (κ2) is 7.02. The number of thiophene rings is 1. The van der Waals surface area contributed by atoms with Crippen LogP contribution in [0.1, 0.15) is 30.0 Å². The highest BCUT2D eigenvalue weighted by atomic mass is 32.1. The minimum absolute atomic E-state index is 0.101. The van der Waals surface area contributed by atoms with Gasteiger partial charge in [-0.2, -0.15) is 5.10 Å². The van der Waals surface area contributed by atoms with E-state index in [9.17, 15) is 4.79 Å². The highest BCUT2D eigenvalue weighted by Crippen LogP contribution is 2.25. The third-order valence-corrected chi connectivity index (χ3v) is 5.15. The predicted molar refractivity (Wildman–Crippen MR) is 85.8 cm³/mol. The molecule has 1 aliphatic rings. The maximum absolute atomic E-state index is 12.3. The molecule has 7 heteroatoms. The first-order chi connectivity index (χ1) is 10.7. The first kappa shape index (κ1) is 15.2. The summed E-state index contributed by atoms with van der Waals surface area (Å²) in [4.78, 5) is 20.0. The lowest BCUT2D eigenvalue weighted by molar-refractivity contribution is -0.125. The van der Waals surface area contributed by atoms with Gasteiger partial charge in [0.15, 0.2) is 0 Å². The number of nitrogens with one attached hydrogen (secondary N) is 2. The lowest BCUT2D eigenvalue weighted by atomic mass is 10.1. The Kier molecular flexibility index (Phi) is 4.84. The van der Waals surface area contributed by atoms with E-state index in [4.69, 9.17) is 0 Å². The van der Waals surface area contributed by atoms with E-state index in [0.717, 1.165) is 31.8 Å². The fraction of sp³-hybridized carbons (Fsp3) is 0.533. The average Bonchev–Trinajstić information content (AvgIpc) is 3.26. The van der Waals surface area contributed by atoms with Gasteiger partial charge in [0.2, 0.25) is 5.91 Å². The van der Waals surface area contributed by atoms with Gasteiger partial charge in [-0.1, -0.05) is 6.07 Å². The lowest BCUT2D eigenvalue weighted by Crippen LogP contribution is -2.44. The smallest absolute Gasteiger partial charge is 0.237 e. The van der Waals surface area contributed by atoms with Crippen LogP contribution >= 0.6 is 11.3 Å². The molecule has 2 aromatic heterocycles. The molecule has 0 saturated carbocycles. The number of aromatic amines is 1. The summed E-state index contributed by atoms with van der Waals surface area (Å²) < 4.78 is 0. The van der Waals surface area contributed by atoms with Crippen LogP contribution in [0.25, 0.3) is 0 Å². The fourth-order valence-electron chi connectivity index (χ4n) is 2.85. The Bertz CT molecular complexity index is 583. The van der Waals surface area contributed by atoms with Crippen molar-refractivity contribution in [3.63, 3.8) is 0 Å². The maximum Gasteiger partial charge on any atom is 0.237 e. The van der Waals surface area contributed by atoms with E-state index >= 15 is 0 Å². The topological polar surface area (TPSA) is 73.9 Å². The van der Waals surface area contributed by atoms with Gasteiger partial charge in [-0.3, -0.25) is 14.8 Å². The first-order valence-electron chi connectivity index (χ1n) is 7.63. The molecular weight excluding hydrogens is 298 g/mol. The zero-order chi connectivity index (χ0) is 15.4. The summed E-state index contributed by atoms with van der Waals surface area (Å²) in [6, 6.07) is 4.04. The van der Waals surface area contributed by atoms with Crippen molar-refractivity contribution in [3.8, 4) is 0 Å². The molecule has 1 amide bonds. The Labute approximate surface area is 133 Å². The summed E-state index contributed by atoms with van der Waals surface area (Å²) >= 11 is 1.73. The van der Waals surface area contributed by atoms with E-state index in [0.29, 0.717) is 12.5 Å². The molecule has 3 rings (SSSR count). The molecule has 1 aliphatic heterocycles. The summed E-state index contributed by atoms with van der Waals surface area (Å²) in [7, 11) is 0. The van der Waals surface area contributed by atoms with Crippen LogP contribution in [0, 0.1) is 0 Å². The van der Waals surface area contributed by atoms with Crippen molar-refractivity contribution in [3.05, 3.63) is 34.5 Å². The van der Waals surface area contributed by atoms with E-state index in [1.165, 1.54) is 4.88 Å². The quantitative estimate of drug-likeness (QED) is 0.844. The summed E-state index contributed by atoms with van der Waals surface area (Å²) in [5.41, 5.74) is 0. The largest absolute Gasteiger partial charge is 0.354 e. The number of rotatable bonds is 6. The Balaban J connectivity index is 1.45. The van der Waals surface area contributed by atoms with Gasteiger partial charge in [0, 0.05) is 23.9 Å². The van der Waals surface area contributed by atoms with Crippen LogP contribution in [-0.2, 0) is 11.2 Å². The van der Waals surface area contributed by atoms with Crippen molar-refractivity contribution in [2.45, 2.75) is 31.7 Å². The van der Waals surface area contributed by atoms with Crippen molar-refractivity contribution >= 4 is 17.2 Å². The molecule has 0 bridgehead atoms. The van der Waals surface area contributed by atoms with Gasteiger partial charge in [0.1, 0.15) is 12.2 Å². The van der Waals surface area contributed by atoms with Crippen molar-refractivity contribution in [2.75, 3.05) is 19.6 Å².